The number of hydrogen-bond donors (Lipinski definition) is 1. The lowest BCUT2D eigenvalue weighted by Crippen LogP contribution is -2.12. The quantitative estimate of drug-likeness (QED) is 0.482. The van der Waals surface area contributed by atoms with Crippen LogP contribution in [0.1, 0.15) is 29.1 Å². The smallest absolute Gasteiger partial charge is 0.314 e. The molecule has 8 nitrogen and oxygen atoms in total. The maximum atomic E-state index is 12.7. The van der Waals surface area contributed by atoms with E-state index in [1.807, 2.05) is 20.0 Å². The number of nitrogens with one attached hydrogen (secondary N) is 1. The van der Waals surface area contributed by atoms with Crippen LogP contribution in [-0.4, -0.2) is 34.7 Å². The molecule has 0 spiro atoms. The van der Waals surface area contributed by atoms with Crippen molar-refractivity contribution >= 4 is 26.6 Å². The molecule has 0 saturated carbocycles. The average molecular weight is 447 g/mol. The minimum atomic E-state index is -3.48. The summed E-state index contributed by atoms with van der Waals surface area (Å²) in [6, 6.07) is 10.5. The Morgan fingerprint density at radius 1 is 1.13 bits per heavy atom. The van der Waals surface area contributed by atoms with Crippen LogP contribution in [0.5, 0.6) is 0 Å². The largest absolute Gasteiger partial charge is 0.415 e. The van der Waals surface area contributed by atoms with E-state index in [-0.39, 0.29) is 5.89 Å². The molecule has 162 valence electrons. The first-order valence-electron chi connectivity index (χ1n) is 9.26. The molecule has 2 heterocycles. The van der Waals surface area contributed by atoms with E-state index in [9.17, 15) is 17.2 Å². The molecular weight excluding hydrogens is 428 g/mol. The summed E-state index contributed by atoms with van der Waals surface area (Å²) in [5.74, 6) is -0.721. The van der Waals surface area contributed by atoms with Crippen molar-refractivity contribution in [2.24, 2.45) is 7.05 Å². The Hall–Kier alpha value is -3.34. The first kappa shape index (κ1) is 20.9. The lowest BCUT2D eigenvalue weighted by molar-refractivity contribution is 0.116. The van der Waals surface area contributed by atoms with Crippen LogP contribution >= 0.6 is 0 Å². The molecule has 1 N–H and O–H groups in total. The topological polar surface area (TPSA) is 103 Å². The predicted molar refractivity (Wildman–Crippen MR) is 111 cm³/mol. The van der Waals surface area contributed by atoms with Gasteiger partial charge >= 0.3 is 6.43 Å². The number of aryl methyl sites for hydroxylation is 2. The van der Waals surface area contributed by atoms with Crippen LogP contribution in [0, 0.1) is 6.92 Å². The fourth-order valence-electron chi connectivity index (χ4n) is 3.53. The van der Waals surface area contributed by atoms with Crippen LogP contribution in [-0.2, 0) is 23.5 Å². The lowest BCUT2D eigenvalue weighted by atomic mass is 9.98. The summed E-state index contributed by atoms with van der Waals surface area (Å²) in [6.07, 6.45) is -1.30. The van der Waals surface area contributed by atoms with E-state index in [4.69, 9.17) is 4.42 Å². The minimum Gasteiger partial charge on any atom is -0.415 e. The third-order valence-electron chi connectivity index (χ3n) is 4.81. The van der Waals surface area contributed by atoms with Crippen molar-refractivity contribution in [1.29, 1.82) is 0 Å². The van der Waals surface area contributed by atoms with Gasteiger partial charge in [0.1, 0.15) is 0 Å². The molecule has 0 fully saturated rings. The second-order valence-electron chi connectivity index (χ2n) is 7.19. The van der Waals surface area contributed by atoms with E-state index in [1.165, 1.54) is 0 Å². The van der Waals surface area contributed by atoms with Crippen molar-refractivity contribution < 1.29 is 21.6 Å². The Morgan fingerprint density at radius 3 is 2.45 bits per heavy atom. The maximum Gasteiger partial charge on any atom is 0.314 e. The Balaban J connectivity index is 1.72. The molecular formula is C20H19F2N5O3S. The van der Waals surface area contributed by atoms with Crippen LogP contribution < -0.4 is 4.72 Å². The first-order valence-corrected chi connectivity index (χ1v) is 11.2. The van der Waals surface area contributed by atoms with E-state index in [2.05, 4.69) is 20.0 Å². The lowest BCUT2D eigenvalue weighted by Gasteiger charge is -2.13. The van der Waals surface area contributed by atoms with Gasteiger partial charge in [0, 0.05) is 24.4 Å². The third kappa shape index (κ3) is 4.26. The number of hydrogen-bond acceptors (Lipinski definition) is 6. The van der Waals surface area contributed by atoms with Gasteiger partial charge in [-0.15, -0.1) is 10.2 Å². The highest BCUT2D eigenvalue weighted by Gasteiger charge is 2.18. The number of alkyl halides is 2. The summed E-state index contributed by atoms with van der Waals surface area (Å²) in [6.45, 7) is 1.87. The molecule has 2 aromatic heterocycles. The summed E-state index contributed by atoms with van der Waals surface area (Å²) in [4.78, 5) is 0. The molecule has 4 aromatic rings. The normalized spacial score (nSPS) is 12.1. The van der Waals surface area contributed by atoms with E-state index in [0.717, 1.165) is 34.0 Å². The van der Waals surface area contributed by atoms with Crippen molar-refractivity contribution in [3.63, 3.8) is 0 Å². The van der Waals surface area contributed by atoms with E-state index >= 15 is 0 Å². The Morgan fingerprint density at radius 2 is 1.84 bits per heavy atom. The molecule has 4 rings (SSSR count). The highest BCUT2D eigenvalue weighted by molar-refractivity contribution is 7.92. The van der Waals surface area contributed by atoms with Gasteiger partial charge in [0.05, 0.1) is 23.2 Å². The van der Waals surface area contributed by atoms with Crippen LogP contribution in [0.25, 0.3) is 22.4 Å². The SMILES string of the molecule is Cc1nn(C)c2ccc(NS(C)(=O)=O)c(Cc3ccc(-c4nnc(C(F)F)o4)cc3)c12. The standard InChI is InChI=1S/C20H19F2N5O3S/c1-11-17-14(15(26-31(3,28)29)8-9-16(17)27(2)25-11)10-12-4-6-13(7-5-12)19-23-24-20(30-19)18(21)22/h4-9,18,26H,10H2,1-3H3. The number of fused-ring (bicyclic) bond motifs is 1. The van der Waals surface area contributed by atoms with Gasteiger partial charge in [-0.25, -0.2) is 8.42 Å². The minimum absolute atomic E-state index is 0.00601. The van der Waals surface area contributed by atoms with E-state index in [1.54, 1.807) is 35.0 Å². The summed E-state index contributed by atoms with van der Waals surface area (Å²) < 4.78 is 58.4. The first-order chi connectivity index (χ1) is 14.6. The molecule has 0 radical (unpaired) electrons. The zero-order valence-corrected chi connectivity index (χ0v) is 17.7. The van der Waals surface area contributed by atoms with Crippen LogP contribution in [0.2, 0.25) is 0 Å². The number of rotatable bonds is 6. The van der Waals surface area contributed by atoms with Crippen molar-refractivity contribution in [3.05, 3.63) is 59.1 Å². The van der Waals surface area contributed by atoms with E-state index in [0.29, 0.717) is 17.7 Å². The highest BCUT2D eigenvalue weighted by atomic mass is 32.2. The van der Waals surface area contributed by atoms with E-state index < -0.39 is 22.3 Å². The summed E-state index contributed by atoms with van der Waals surface area (Å²) in [5.41, 5.74) is 4.32. The van der Waals surface area contributed by atoms with Crippen LogP contribution in [0.3, 0.4) is 0 Å². The third-order valence-corrected chi connectivity index (χ3v) is 5.40. The second kappa shape index (κ2) is 7.73. The Labute approximate surface area is 177 Å². The molecule has 11 heteroatoms. The molecule has 2 aromatic carbocycles. The zero-order valence-electron chi connectivity index (χ0n) is 16.9. The fourth-order valence-corrected chi connectivity index (χ4v) is 4.12. The molecule has 0 bridgehead atoms. The Bertz CT molecular complexity index is 1360. The van der Waals surface area contributed by atoms with Crippen LogP contribution in [0.4, 0.5) is 14.5 Å². The van der Waals surface area contributed by atoms with Crippen LogP contribution in [0.15, 0.2) is 40.8 Å². The summed E-state index contributed by atoms with van der Waals surface area (Å²) in [7, 11) is -1.65. The fraction of sp³-hybridized carbons (Fsp3) is 0.250. The van der Waals surface area contributed by atoms with Gasteiger partial charge < -0.3 is 4.42 Å². The van der Waals surface area contributed by atoms with Crippen molar-refractivity contribution in [1.82, 2.24) is 20.0 Å². The summed E-state index contributed by atoms with van der Waals surface area (Å²) in [5, 5.41) is 12.3. The molecule has 0 atom stereocenters. The van der Waals surface area contributed by atoms with Gasteiger partial charge in [-0.05, 0) is 42.3 Å². The number of aromatic nitrogens is 4. The molecule has 0 saturated heterocycles. The zero-order chi connectivity index (χ0) is 22.3. The number of benzene rings is 2. The average Bonchev–Trinajstić information content (AvgIpc) is 3.28. The van der Waals surface area contributed by atoms with Crippen molar-refractivity contribution in [3.8, 4) is 11.5 Å². The molecule has 0 amide bonds. The molecule has 0 aliphatic carbocycles. The monoisotopic (exact) mass is 447 g/mol. The number of sulfonamides is 1. The van der Waals surface area contributed by atoms with Crippen molar-refractivity contribution in [2.75, 3.05) is 11.0 Å². The predicted octanol–water partition coefficient (Wildman–Crippen LogP) is 3.83. The molecule has 0 aliphatic heterocycles. The van der Waals surface area contributed by atoms with Gasteiger partial charge in [-0.1, -0.05) is 12.1 Å². The Kier molecular flexibility index (Phi) is 5.21. The van der Waals surface area contributed by atoms with Gasteiger partial charge in [-0.3, -0.25) is 9.40 Å². The van der Waals surface area contributed by atoms with Crippen molar-refractivity contribution in [2.45, 2.75) is 19.8 Å². The number of nitrogens with zero attached hydrogens (tertiary/aromatic N) is 4. The summed E-state index contributed by atoms with van der Waals surface area (Å²) >= 11 is 0. The number of halogens is 2. The van der Waals surface area contributed by atoms with Gasteiger partial charge in [-0.2, -0.15) is 13.9 Å². The van der Waals surface area contributed by atoms with Gasteiger partial charge in [0.2, 0.25) is 15.9 Å². The van der Waals surface area contributed by atoms with Gasteiger partial charge in [0.25, 0.3) is 5.89 Å². The number of anilines is 1. The van der Waals surface area contributed by atoms with Gasteiger partial charge in [0.15, 0.2) is 0 Å². The molecule has 0 aliphatic rings. The molecule has 31 heavy (non-hydrogen) atoms. The maximum absolute atomic E-state index is 12.7. The highest BCUT2D eigenvalue weighted by Crippen LogP contribution is 2.32. The second-order valence-corrected chi connectivity index (χ2v) is 8.94. The molecule has 0 unspecified atom stereocenters.